The lowest BCUT2D eigenvalue weighted by Gasteiger charge is -2.16. The minimum absolute atomic E-state index is 0.00360. The second-order valence-corrected chi connectivity index (χ2v) is 7.35. The number of thiophene rings is 1. The first-order valence-corrected chi connectivity index (χ1v) is 9.59. The van der Waals surface area contributed by atoms with E-state index in [-0.39, 0.29) is 18.4 Å². The van der Waals surface area contributed by atoms with Gasteiger partial charge in [0, 0.05) is 35.4 Å². The van der Waals surface area contributed by atoms with Gasteiger partial charge in [0.2, 0.25) is 11.8 Å². The van der Waals surface area contributed by atoms with Crippen LogP contribution < -0.4 is 5.32 Å². The molecule has 3 aromatic rings. The molecule has 0 saturated carbocycles. The summed E-state index contributed by atoms with van der Waals surface area (Å²) in [6.45, 7) is 0.608. The molecule has 1 aromatic carbocycles. The van der Waals surface area contributed by atoms with Crippen LogP contribution in [0.2, 0.25) is 0 Å². The molecule has 2 heterocycles. The largest absolute Gasteiger partial charge is 0.361 e. The Morgan fingerprint density at radius 3 is 2.85 bits per heavy atom. The van der Waals surface area contributed by atoms with E-state index >= 15 is 0 Å². The average Bonchev–Trinajstić information content (AvgIpc) is 3.30. The number of nitrogens with one attached hydrogen (secondary N) is 2. The van der Waals surface area contributed by atoms with Gasteiger partial charge in [0.05, 0.1) is 13.1 Å². The summed E-state index contributed by atoms with van der Waals surface area (Å²) in [6.07, 6.45) is 4.06. The van der Waals surface area contributed by atoms with Gasteiger partial charge in [-0.25, -0.2) is 0 Å². The van der Waals surface area contributed by atoms with Crippen molar-refractivity contribution < 1.29 is 9.59 Å². The Morgan fingerprint density at radius 1 is 1.19 bits per heavy atom. The number of hydrogen-bond donors (Lipinski definition) is 2. The normalized spacial score (nSPS) is 10.8. The first-order chi connectivity index (χ1) is 12.6. The van der Waals surface area contributed by atoms with Gasteiger partial charge in [-0.05, 0) is 35.9 Å². The number of likely N-dealkylation sites (N-methyl/N-ethyl adjacent to an activating group) is 1. The number of nitrogens with zero attached hydrogens (tertiary/aromatic N) is 1. The molecule has 5 nitrogen and oxygen atoms in total. The van der Waals surface area contributed by atoms with Crippen LogP contribution in [-0.4, -0.2) is 35.3 Å². The highest BCUT2D eigenvalue weighted by molar-refractivity contribution is 7.09. The molecular formula is C20H23N3O2S. The second kappa shape index (κ2) is 8.67. The molecule has 0 unspecified atom stereocenters. The number of aryl methyl sites for hydroxylation is 1. The predicted molar refractivity (Wildman–Crippen MR) is 105 cm³/mol. The van der Waals surface area contributed by atoms with E-state index in [0.29, 0.717) is 13.0 Å². The van der Waals surface area contributed by atoms with Crippen LogP contribution in [0.1, 0.15) is 23.3 Å². The Kier molecular flexibility index (Phi) is 6.07. The average molecular weight is 369 g/mol. The van der Waals surface area contributed by atoms with Gasteiger partial charge in [-0.15, -0.1) is 11.3 Å². The van der Waals surface area contributed by atoms with E-state index < -0.39 is 0 Å². The van der Waals surface area contributed by atoms with E-state index in [0.717, 1.165) is 23.2 Å². The highest BCUT2D eigenvalue weighted by atomic mass is 32.1. The molecule has 0 bridgehead atoms. The van der Waals surface area contributed by atoms with Crippen LogP contribution in [0.5, 0.6) is 0 Å². The number of aromatic nitrogens is 1. The van der Waals surface area contributed by atoms with Crippen LogP contribution in [0, 0.1) is 0 Å². The van der Waals surface area contributed by atoms with Crippen LogP contribution in [0.3, 0.4) is 0 Å². The van der Waals surface area contributed by atoms with Crippen LogP contribution in [0.25, 0.3) is 10.9 Å². The van der Waals surface area contributed by atoms with Gasteiger partial charge in [-0.1, -0.05) is 24.3 Å². The van der Waals surface area contributed by atoms with E-state index in [1.807, 2.05) is 41.9 Å². The summed E-state index contributed by atoms with van der Waals surface area (Å²) in [5.74, 6) is -0.137. The molecule has 6 heteroatoms. The highest BCUT2D eigenvalue weighted by Gasteiger charge is 2.13. The highest BCUT2D eigenvalue weighted by Crippen LogP contribution is 2.19. The number of hydrogen-bond acceptors (Lipinski definition) is 3. The molecule has 2 N–H and O–H groups in total. The molecule has 26 heavy (non-hydrogen) atoms. The molecular weight excluding hydrogens is 346 g/mol. The summed E-state index contributed by atoms with van der Waals surface area (Å²) in [5.41, 5.74) is 2.35. The molecule has 0 aliphatic heterocycles. The number of fused-ring (bicyclic) bond motifs is 1. The summed E-state index contributed by atoms with van der Waals surface area (Å²) in [4.78, 5) is 30.1. The van der Waals surface area contributed by atoms with Gasteiger partial charge in [0.15, 0.2) is 0 Å². The van der Waals surface area contributed by atoms with Crippen molar-refractivity contribution in [1.82, 2.24) is 15.2 Å². The van der Waals surface area contributed by atoms with E-state index in [2.05, 4.69) is 16.4 Å². The third kappa shape index (κ3) is 4.73. The Labute approximate surface area is 157 Å². The minimum Gasteiger partial charge on any atom is -0.361 e. The van der Waals surface area contributed by atoms with Gasteiger partial charge in [-0.3, -0.25) is 9.59 Å². The van der Waals surface area contributed by atoms with E-state index in [1.165, 1.54) is 15.8 Å². The lowest BCUT2D eigenvalue weighted by molar-refractivity contribution is -0.134. The number of carbonyl (C=O) groups is 2. The van der Waals surface area contributed by atoms with E-state index in [1.54, 1.807) is 18.4 Å². The van der Waals surface area contributed by atoms with Crippen LogP contribution >= 0.6 is 11.3 Å². The van der Waals surface area contributed by atoms with Crippen molar-refractivity contribution in [1.29, 1.82) is 0 Å². The lowest BCUT2D eigenvalue weighted by Crippen LogP contribution is -2.37. The SMILES string of the molecule is CN(CC(=O)NCc1cccs1)C(=O)CCCc1c[nH]c2ccccc12. The molecule has 136 valence electrons. The van der Waals surface area contributed by atoms with Crippen molar-refractivity contribution in [2.45, 2.75) is 25.8 Å². The van der Waals surface area contributed by atoms with Crippen molar-refractivity contribution >= 4 is 34.1 Å². The summed E-state index contributed by atoms with van der Waals surface area (Å²) in [7, 11) is 1.68. The first-order valence-electron chi connectivity index (χ1n) is 8.71. The van der Waals surface area contributed by atoms with Gasteiger partial charge < -0.3 is 15.2 Å². The zero-order valence-electron chi connectivity index (χ0n) is 14.8. The Bertz CT molecular complexity index is 870. The number of para-hydroxylation sites is 1. The van der Waals surface area contributed by atoms with Crippen molar-refractivity contribution in [3.05, 3.63) is 58.4 Å². The third-order valence-electron chi connectivity index (χ3n) is 4.36. The van der Waals surface area contributed by atoms with Crippen molar-refractivity contribution in [2.75, 3.05) is 13.6 Å². The maximum absolute atomic E-state index is 12.2. The fourth-order valence-electron chi connectivity index (χ4n) is 2.92. The van der Waals surface area contributed by atoms with Crippen molar-refractivity contribution in [3.8, 4) is 0 Å². The third-order valence-corrected chi connectivity index (χ3v) is 5.23. The Morgan fingerprint density at radius 2 is 2.04 bits per heavy atom. The number of benzene rings is 1. The molecule has 0 radical (unpaired) electrons. The summed E-state index contributed by atoms with van der Waals surface area (Å²) < 4.78 is 0. The van der Waals surface area contributed by atoms with Crippen LogP contribution in [0.4, 0.5) is 0 Å². The zero-order chi connectivity index (χ0) is 18.4. The Balaban J connectivity index is 1.40. The smallest absolute Gasteiger partial charge is 0.239 e. The molecule has 0 spiro atoms. The minimum atomic E-state index is -0.133. The fourth-order valence-corrected chi connectivity index (χ4v) is 3.56. The number of amides is 2. The lowest BCUT2D eigenvalue weighted by atomic mass is 10.1. The van der Waals surface area contributed by atoms with E-state index in [4.69, 9.17) is 0 Å². The number of rotatable bonds is 8. The van der Waals surface area contributed by atoms with Crippen LogP contribution in [-0.2, 0) is 22.6 Å². The van der Waals surface area contributed by atoms with Gasteiger partial charge in [0.25, 0.3) is 0 Å². The molecule has 0 saturated heterocycles. The van der Waals surface area contributed by atoms with E-state index in [9.17, 15) is 9.59 Å². The van der Waals surface area contributed by atoms with Gasteiger partial charge in [0.1, 0.15) is 0 Å². The Hall–Kier alpha value is -2.60. The summed E-state index contributed by atoms with van der Waals surface area (Å²) in [5, 5.41) is 6.03. The molecule has 0 aliphatic rings. The molecule has 3 rings (SSSR count). The number of H-pyrrole nitrogens is 1. The molecule has 0 atom stereocenters. The molecule has 2 aromatic heterocycles. The number of carbonyl (C=O) groups excluding carboxylic acids is 2. The van der Waals surface area contributed by atoms with Crippen molar-refractivity contribution in [2.24, 2.45) is 0 Å². The fraction of sp³-hybridized carbons (Fsp3) is 0.300. The van der Waals surface area contributed by atoms with Crippen molar-refractivity contribution in [3.63, 3.8) is 0 Å². The maximum Gasteiger partial charge on any atom is 0.239 e. The maximum atomic E-state index is 12.2. The summed E-state index contributed by atoms with van der Waals surface area (Å²) >= 11 is 1.60. The monoisotopic (exact) mass is 369 g/mol. The molecule has 2 amide bonds. The first kappa shape index (κ1) is 18.2. The molecule has 0 aliphatic carbocycles. The van der Waals surface area contributed by atoms with Gasteiger partial charge in [-0.2, -0.15) is 0 Å². The predicted octanol–water partition coefficient (Wildman–Crippen LogP) is 3.33. The molecule has 0 fully saturated rings. The quantitative estimate of drug-likeness (QED) is 0.640. The number of aromatic amines is 1. The second-order valence-electron chi connectivity index (χ2n) is 6.32. The van der Waals surface area contributed by atoms with Crippen LogP contribution in [0.15, 0.2) is 48.0 Å². The standard InChI is InChI=1S/C20H23N3O2S/c1-23(14-19(24)22-13-16-7-5-11-26-16)20(25)10-4-6-15-12-21-18-9-3-2-8-17(15)18/h2-3,5,7-9,11-12,21H,4,6,10,13-14H2,1H3,(H,22,24). The zero-order valence-corrected chi connectivity index (χ0v) is 15.6. The summed E-state index contributed by atoms with van der Waals surface area (Å²) in [6, 6.07) is 12.1. The van der Waals surface area contributed by atoms with Gasteiger partial charge >= 0.3 is 0 Å². The topological polar surface area (TPSA) is 65.2 Å².